The number of hydrogen-bond acceptors (Lipinski definition) is 3. The molecular formula is C17H17NO3. The van der Waals surface area contributed by atoms with Crippen LogP contribution in [0.3, 0.4) is 0 Å². The molecule has 0 unspecified atom stereocenters. The highest BCUT2D eigenvalue weighted by molar-refractivity contribution is 6.04. The lowest BCUT2D eigenvalue weighted by atomic mass is 10.1. The van der Waals surface area contributed by atoms with Crippen molar-refractivity contribution in [2.75, 3.05) is 12.4 Å². The van der Waals surface area contributed by atoms with E-state index in [2.05, 4.69) is 5.32 Å². The van der Waals surface area contributed by atoms with Crippen molar-refractivity contribution >= 4 is 17.4 Å². The summed E-state index contributed by atoms with van der Waals surface area (Å²) >= 11 is 0. The molecule has 0 spiro atoms. The highest BCUT2D eigenvalue weighted by Gasteiger charge is 2.12. The molecule has 21 heavy (non-hydrogen) atoms. The van der Waals surface area contributed by atoms with Gasteiger partial charge in [-0.05, 0) is 25.1 Å². The third-order valence-electron chi connectivity index (χ3n) is 3.12. The van der Waals surface area contributed by atoms with E-state index < -0.39 is 0 Å². The summed E-state index contributed by atoms with van der Waals surface area (Å²) in [4.78, 5) is 23.7. The Balaban J connectivity index is 2.14. The van der Waals surface area contributed by atoms with Crippen LogP contribution in [-0.2, 0) is 11.2 Å². The van der Waals surface area contributed by atoms with Gasteiger partial charge in [-0.25, -0.2) is 0 Å². The lowest BCUT2D eigenvalue weighted by Gasteiger charge is -2.11. The number of hydrogen-bond donors (Lipinski definition) is 1. The first kappa shape index (κ1) is 14.8. The first-order chi connectivity index (χ1) is 10.1. The van der Waals surface area contributed by atoms with E-state index in [0.717, 1.165) is 5.56 Å². The van der Waals surface area contributed by atoms with Crippen LogP contribution in [0, 0.1) is 0 Å². The molecule has 0 aliphatic heterocycles. The van der Waals surface area contributed by atoms with E-state index >= 15 is 0 Å². The second-order valence-electron chi connectivity index (χ2n) is 4.64. The number of Topliss-reactive ketones (excluding diaryl/α,β-unsaturated/α-hetero) is 1. The van der Waals surface area contributed by atoms with Gasteiger partial charge in [0.15, 0.2) is 5.78 Å². The van der Waals surface area contributed by atoms with Gasteiger partial charge in [0.1, 0.15) is 5.75 Å². The van der Waals surface area contributed by atoms with E-state index in [0.29, 0.717) is 17.0 Å². The van der Waals surface area contributed by atoms with Crippen LogP contribution >= 0.6 is 0 Å². The Hall–Kier alpha value is -2.62. The standard InChI is InChI=1S/C17H17NO3/c1-12(19)14-8-4-5-9-15(14)18-17(20)11-13-7-3-6-10-16(13)21-2/h3-10H,11H2,1-2H3,(H,18,20). The van der Waals surface area contributed by atoms with Crippen molar-refractivity contribution in [3.05, 3.63) is 59.7 Å². The maximum atomic E-state index is 12.1. The number of amides is 1. The Morgan fingerprint density at radius 2 is 1.71 bits per heavy atom. The van der Waals surface area contributed by atoms with Crippen LogP contribution in [0.5, 0.6) is 5.75 Å². The fourth-order valence-electron chi connectivity index (χ4n) is 2.12. The molecule has 0 fully saturated rings. The normalized spacial score (nSPS) is 10.0. The molecule has 1 N–H and O–H groups in total. The summed E-state index contributed by atoms with van der Waals surface area (Å²) in [6, 6.07) is 14.3. The highest BCUT2D eigenvalue weighted by atomic mass is 16.5. The minimum absolute atomic E-state index is 0.0804. The average molecular weight is 283 g/mol. The first-order valence-electron chi connectivity index (χ1n) is 6.63. The van der Waals surface area contributed by atoms with Crippen LogP contribution in [0.25, 0.3) is 0 Å². The first-order valence-corrected chi connectivity index (χ1v) is 6.63. The number of nitrogens with one attached hydrogen (secondary N) is 1. The summed E-state index contributed by atoms with van der Waals surface area (Å²) in [5, 5.41) is 2.78. The third-order valence-corrected chi connectivity index (χ3v) is 3.12. The van der Waals surface area contributed by atoms with E-state index in [1.165, 1.54) is 6.92 Å². The quantitative estimate of drug-likeness (QED) is 0.858. The highest BCUT2D eigenvalue weighted by Crippen LogP contribution is 2.20. The molecule has 0 atom stereocenters. The van der Waals surface area contributed by atoms with Crippen LogP contribution in [0.2, 0.25) is 0 Å². The lowest BCUT2D eigenvalue weighted by molar-refractivity contribution is -0.115. The molecule has 0 aliphatic carbocycles. The molecule has 2 aromatic carbocycles. The molecule has 0 saturated carbocycles. The van der Waals surface area contributed by atoms with Crippen molar-refractivity contribution in [3.8, 4) is 5.75 Å². The molecular weight excluding hydrogens is 266 g/mol. The molecule has 0 radical (unpaired) electrons. The van der Waals surface area contributed by atoms with Gasteiger partial charge in [-0.2, -0.15) is 0 Å². The third kappa shape index (κ3) is 3.69. The maximum absolute atomic E-state index is 12.1. The van der Waals surface area contributed by atoms with Gasteiger partial charge in [-0.15, -0.1) is 0 Å². The minimum Gasteiger partial charge on any atom is -0.496 e. The summed E-state index contributed by atoms with van der Waals surface area (Å²) < 4.78 is 5.22. The van der Waals surface area contributed by atoms with Crippen LogP contribution < -0.4 is 10.1 Å². The Labute approximate surface area is 123 Å². The maximum Gasteiger partial charge on any atom is 0.228 e. The van der Waals surface area contributed by atoms with Gasteiger partial charge in [-0.3, -0.25) is 9.59 Å². The van der Waals surface area contributed by atoms with Crippen molar-refractivity contribution in [1.82, 2.24) is 0 Å². The molecule has 2 aromatic rings. The number of rotatable bonds is 5. The van der Waals surface area contributed by atoms with Crippen LogP contribution in [0.4, 0.5) is 5.69 Å². The summed E-state index contributed by atoms with van der Waals surface area (Å²) in [6.07, 6.45) is 0.191. The Morgan fingerprint density at radius 3 is 2.43 bits per heavy atom. The molecule has 2 rings (SSSR count). The largest absolute Gasteiger partial charge is 0.496 e. The number of anilines is 1. The molecule has 0 heterocycles. The summed E-state index contributed by atoms with van der Waals surface area (Å²) in [6.45, 7) is 1.48. The Morgan fingerprint density at radius 1 is 1.05 bits per heavy atom. The van der Waals surface area contributed by atoms with E-state index in [4.69, 9.17) is 4.74 Å². The van der Waals surface area contributed by atoms with Gasteiger partial charge in [0, 0.05) is 11.1 Å². The van der Waals surface area contributed by atoms with Gasteiger partial charge in [0.25, 0.3) is 0 Å². The molecule has 1 amide bonds. The fraction of sp³-hybridized carbons (Fsp3) is 0.176. The van der Waals surface area contributed by atoms with Crippen molar-refractivity contribution < 1.29 is 14.3 Å². The van der Waals surface area contributed by atoms with Gasteiger partial charge < -0.3 is 10.1 Å². The van der Waals surface area contributed by atoms with E-state index in [1.807, 2.05) is 24.3 Å². The Bertz CT molecular complexity index is 665. The molecule has 0 saturated heterocycles. The number of carbonyl (C=O) groups excluding carboxylic acids is 2. The van der Waals surface area contributed by atoms with Gasteiger partial charge in [0.2, 0.25) is 5.91 Å². The van der Waals surface area contributed by atoms with Crippen molar-refractivity contribution in [2.24, 2.45) is 0 Å². The number of benzene rings is 2. The molecule has 0 bridgehead atoms. The SMILES string of the molecule is COc1ccccc1CC(=O)Nc1ccccc1C(C)=O. The number of ketones is 1. The zero-order valence-corrected chi connectivity index (χ0v) is 12.1. The summed E-state index contributed by atoms with van der Waals surface area (Å²) in [5.41, 5.74) is 1.84. The molecule has 4 heteroatoms. The van der Waals surface area contributed by atoms with E-state index in [1.54, 1.807) is 31.4 Å². The predicted molar refractivity (Wildman–Crippen MR) is 81.8 cm³/mol. The zero-order valence-electron chi connectivity index (χ0n) is 12.1. The minimum atomic E-state index is -0.187. The smallest absolute Gasteiger partial charge is 0.228 e. The van der Waals surface area contributed by atoms with Gasteiger partial charge in [0.05, 0.1) is 19.2 Å². The van der Waals surface area contributed by atoms with Crippen LogP contribution in [0.15, 0.2) is 48.5 Å². The number of ether oxygens (including phenoxy) is 1. The van der Waals surface area contributed by atoms with Crippen molar-refractivity contribution in [3.63, 3.8) is 0 Å². The summed E-state index contributed by atoms with van der Waals surface area (Å²) in [7, 11) is 1.57. The number of methoxy groups -OCH3 is 1. The Kier molecular flexibility index (Phi) is 4.72. The topological polar surface area (TPSA) is 55.4 Å². The van der Waals surface area contributed by atoms with Gasteiger partial charge in [-0.1, -0.05) is 30.3 Å². The second-order valence-corrected chi connectivity index (χ2v) is 4.64. The zero-order chi connectivity index (χ0) is 15.2. The van der Waals surface area contributed by atoms with E-state index in [9.17, 15) is 9.59 Å². The number of para-hydroxylation sites is 2. The van der Waals surface area contributed by atoms with Crippen LogP contribution in [0.1, 0.15) is 22.8 Å². The number of carbonyl (C=O) groups is 2. The molecule has 0 aliphatic rings. The van der Waals surface area contributed by atoms with E-state index in [-0.39, 0.29) is 18.1 Å². The summed E-state index contributed by atoms with van der Waals surface area (Å²) in [5.74, 6) is 0.406. The molecule has 108 valence electrons. The van der Waals surface area contributed by atoms with Gasteiger partial charge >= 0.3 is 0 Å². The average Bonchev–Trinajstić information content (AvgIpc) is 2.48. The van der Waals surface area contributed by atoms with Crippen LogP contribution in [-0.4, -0.2) is 18.8 Å². The second kappa shape index (κ2) is 6.70. The molecule has 0 aromatic heterocycles. The van der Waals surface area contributed by atoms with Crippen molar-refractivity contribution in [1.29, 1.82) is 0 Å². The fourth-order valence-corrected chi connectivity index (χ4v) is 2.12. The monoisotopic (exact) mass is 283 g/mol. The molecule has 4 nitrogen and oxygen atoms in total. The predicted octanol–water partition coefficient (Wildman–Crippen LogP) is 3.08. The lowest BCUT2D eigenvalue weighted by Crippen LogP contribution is -2.16. The van der Waals surface area contributed by atoms with Crippen molar-refractivity contribution in [2.45, 2.75) is 13.3 Å².